The number of aromatic amines is 1. The lowest BCUT2D eigenvalue weighted by molar-refractivity contribution is -0.131. The van der Waals surface area contributed by atoms with Gasteiger partial charge in [-0.15, -0.1) is 0 Å². The number of nitrogens with zero attached hydrogens (tertiary/aromatic N) is 1. The van der Waals surface area contributed by atoms with Crippen LogP contribution in [-0.2, 0) is 14.4 Å². The largest absolute Gasteiger partial charge is 0.457 e. The Labute approximate surface area is 250 Å². The Morgan fingerprint density at radius 3 is 2.62 bits per heavy atom. The number of rotatable bonds is 9. The summed E-state index contributed by atoms with van der Waals surface area (Å²) in [5.41, 5.74) is 1.01. The van der Waals surface area contributed by atoms with Crippen LogP contribution in [0.15, 0.2) is 48.5 Å². The second-order valence-corrected chi connectivity index (χ2v) is 12.3. The molecule has 0 unspecified atom stereocenters. The summed E-state index contributed by atoms with van der Waals surface area (Å²) in [7, 11) is 0. The fourth-order valence-corrected chi connectivity index (χ4v) is 7.43. The van der Waals surface area contributed by atoms with E-state index in [2.05, 4.69) is 10.3 Å². The van der Waals surface area contributed by atoms with Crippen molar-refractivity contribution < 1.29 is 23.9 Å². The van der Waals surface area contributed by atoms with Crippen LogP contribution < -0.4 is 10.1 Å². The molecule has 220 valence electrons. The smallest absolute Gasteiger partial charge is 0.271 e. The number of hydrogen-bond acceptors (Lipinski definition) is 5. The lowest BCUT2D eigenvalue weighted by Crippen LogP contribution is -2.53. The van der Waals surface area contributed by atoms with Crippen molar-refractivity contribution in [3.8, 4) is 11.5 Å². The molecule has 2 aromatic carbocycles. The number of benzene rings is 2. The van der Waals surface area contributed by atoms with E-state index >= 15 is 0 Å². The number of H-pyrrole nitrogens is 1. The van der Waals surface area contributed by atoms with Crippen molar-refractivity contribution in [2.45, 2.75) is 70.4 Å². The van der Waals surface area contributed by atoms with Gasteiger partial charge in [0.15, 0.2) is 5.78 Å². The molecule has 2 N–H and O–H groups in total. The monoisotopic (exact) mass is 589 g/mol. The number of carbonyl (C=O) groups excluding carboxylic acids is 4. The standard InChI is InChI=1S/C33H36ClN3O5/c1-2-29(38)27(14-19-8-7-13-30(19)39)36-32(40)31-23-12-6-9-20(23)18-37(31)33(41)28-17-24-25(34)15-22(16-26(24)35-28)42-21-10-4-3-5-11-21/h3-5,10-11,15-17,19-20,23,27,31,35H,2,6-9,12-14,18H2,1H3,(H,36,40)/t19-,20-,23-,27-,31-/m0/s1. The Morgan fingerprint density at radius 2 is 1.88 bits per heavy atom. The maximum Gasteiger partial charge on any atom is 0.271 e. The first-order valence-corrected chi connectivity index (χ1v) is 15.4. The van der Waals surface area contributed by atoms with Crippen LogP contribution in [0.1, 0.15) is 68.8 Å². The van der Waals surface area contributed by atoms with Crippen LogP contribution in [0.3, 0.4) is 0 Å². The lowest BCUT2D eigenvalue weighted by Gasteiger charge is -2.29. The van der Waals surface area contributed by atoms with E-state index in [0.29, 0.717) is 52.5 Å². The summed E-state index contributed by atoms with van der Waals surface area (Å²) < 4.78 is 5.95. The van der Waals surface area contributed by atoms with Gasteiger partial charge in [0.2, 0.25) is 5.91 Å². The van der Waals surface area contributed by atoms with E-state index in [9.17, 15) is 19.2 Å². The molecule has 0 bridgehead atoms. The number of hydrogen-bond donors (Lipinski definition) is 2. The highest BCUT2D eigenvalue weighted by atomic mass is 35.5. The van der Waals surface area contributed by atoms with Crippen molar-refractivity contribution >= 4 is 45.9 Å². The highest BCUT2D eigenvalue weighted by Crippen LogP contribution is 2.43. The molecule has 2 aliphatic carbocycles. The predicted octanol–water partition coefficient (Wildman–Crippen LogP) is 6.08. The van der Waals surface area contributed by atoms with E-state index in [4.69, 9.17) is 16.3 Å². The number of halogens is 1. The zero-order valence-corrected chi connectivity index (χ0v) is 24.5. The van der Waals surface area contributed by atoms with Crippen molar-refractivity contribution in [1.29, 1.82) is 0 Å². The van der Waals surface area contributed by atoms with Crippen molar-refractivity contribution in [2.75, 3.05) is 6.54 Å². The minimum Gasteiger partial charge on any atom is -0.457 e. The van der Waals surface area contributed by atoms with Crippen molar-refractivity contribution in [3.63, 3.8) is 0 Å². The third kappa shape index (κ3) is 5.56. The minimum absolute atomic E-state index is 0.0401. The highest BCUT2D eigenvalue weighted by molar-refractivity contribution is 6.35. The van der Waals surface area contributed by atoms with E-state index in [1.54, 1.807) is 30.0 Å². The van der Waals surface area contributed by atoms with E-state index in [-0.39, 0.29) is 47.6 Å². The molecule has 0 spiro atoms. The number of ketones is 2. The summed E-state index contributed by atoms with van der Waals surface area (Å²) >= 11 is 6.60. The molecule has 42 heavy (non-hydrogen) atoms. The van der Waals surface area contributed by atoms with Gasteiger partial charge in [-0.2, -0.15) is 0 Å². The molecule has 2 heterocycles. The number of fused-ring (bicyclic) bond motifs is 2. The van der Waals surface area contributed by atoms with E-state index < -0.39 is 12.1 Å². The van der Waals surface area contributed by atoms with Gasteiger partial charge in [-0.1, -0.05) is 43.1 Å². The molecule has 3 aliphatic rings. The molecule has 1 aromatic heterocycles. The predicted molar refractivity (Wildman–Crippen MR) is 160 cm³/mol. The quantitative estimate of drug-likeness (QED) is 0.314. The van der Waals surface area contributed by atoms with Crippen LogP contribution in [0.2, 0.25) is 5.02 Å². The average molecular weight is 590 g/mol. The number of carbonyl (C=O) groups is 4. The normalized spacial score (nSPS) is 24.1. The lowest BCUT2D eigenvalue weighted by atomic mass is 9.91. The molecule has 0 radical (unpaired) electrons. The van der Waals surface area contributed by atoms with Crippen LogP contribution in [0.5, 0.6) is 11.5 Å². The molecule has 2 saturated carbocycles. The number of aromatic nitrogens is 1. The number of amides is 2. The van der Waals surface area contributed by atoms with Gasteiger partial charge in [-0.3, -0.25) is 19.2 Å². The molecular weight excluding hydrogens is 554 g/mol. The molecule has 8 nitrogen and oxygen atoms in total. The number of likely N-dealkylation sites (tertiary alicyclic amines) is 1. The number of ether oxygens (including phenoxy) is 1. The molecule has 3 fully saturated rings. The van der Waals surface area contributed by atoms with Gasteiger partial charge in [-0.25, -0.2) is 0 Å². The molecule has 6 rings (SSSR count). The zero-order chi connectivity index (χ0) is 29.4. The van der Waals surface area contributed by atoms with Crippen LogP contribution in [-0.4, -0.2) is 51.9 Å². The topological polar surface area (TPSA) is 109 Å². The van der Waals surface area contributed by atoms with Crippen LogP contribution in [0.4, 0.5) is 0 Å². The van der Waals surface area contributed by atoms with Gasteiger partial charge in [-0.05, 0) is 62.1 Å². The first-order chi connectivity index (χ1) is 20.3. The average Bonchev–Trinajstić information content (AvgIpc) is 3.77. The molecule has 5 atom stereocenters. The summed E-state index contributed by atoms with van der Waals surface area (Å²) in [6.45, 7) is 2.26. The zero-order valence-electron chi connectivity index (χ0n) is 23.7. The summed E-state index contributed by atoms with van der Waals surface area (Å²) in [6, 6.07) is 13.2. The minimum atomic E-state index is -0.720. The fraction of sp³-hybridized carbons (Fsp3) is 0.455. The number of para-hydroxylation sites is 1. The van der Waals surface area contributed by atoms with Gasteiger partial charge < -0.3 is 19.9 Å². The van der Waals surface area contributed by atoms with Gasteiger partial charge in [0.1, 0.15) is 29.0 Å². The van der Waals surface area contributed by atoms with Crippen molar-refractivity contribution in [3.05, 3.63) is 59.2 Å². The third-order valence-electron chi connectivity index (χ3n) is 9.30. The maximum atomic E-state index is 14.0. The summed E-state index contributed by atoms with van der Waals surface area (Å²) in [5, 5.41) is 4.13. The van der Waals surface area contributed by atoms with Crippen LogP contribution in [0.25, 0.3) is 10.9 Å². The van der Waals surface area contributed by atoms with Crippen molar-refractivity contribution in [1.82, 2.24) is 15.2 Å². The Morgan fingerprint density at radius 1 is 1.07 bits per heavy atom. The summed E-state index contributed by atoms with van der Waals surface area (Å²) in [4.78, 5) is 57.9. The molecule has 2 amide bonds. The first-order valence-electron chi connectivity index (χ1n) is 15.0. The Kier molecular flexibility index (Phi) is 8.08. The molecular formula is C33H36ClN3O5. The highest BCUT2D eigenvalue weighted by Gasteiger charge is 2.50. The SMILES string of the molecule is CCC(=O)[C@H](C[C@@H]1CCCC1=O)NC(=O)[C@@H]1[C@H]2CCC[C@H]2CN1C(=O)c1cc2c(Cl)cc(Oc3ccccc3)cc2[nH]1. The summed E-state index contributed by atoms with van der Waals surface area (Å²) in [5.74, 6) is 0.804. The third-order valence-corrected chi connectivity index (χ3v) is 9.61. The van der Waals surface area contributed by atoms with E-state index in [1.807, 2.05) is 30.3 Å². The van der Waals surface area contributed by atoms with Gasteiger partial charge in [0.25, 0.3) is 5.91 Å². The number of nitrogens with one attached hydrogen (secondary N) is 2. The Bertz CT molecular complexity index is 1520. The van der Waals surface area contributed by atoms with Crippen molar-refractivity contribution in [2.24, 2.45) is 17.8 Å². The van der Waals surface area contributed by atoms with Gasteiger partial charge >= 0.3 is 0 Å². The maximum absolute atomic E-state index is 14.0. The summed E-state index contributed by atoms with van der Waals surface area (Å²) in [6.07, 6.45) is 5.56. The first kappa shape index (κ1) is 28.5. The van der Waals surface area contributed by atoms with Crippen LogP contribution >= 0.6 is 11.6 Å². The second-order valence-electron chi connectivity index (χ2n) is 11.9. The number of Topliss-reactive ketones (excluding diaryl/α,β-unsaturated/α-hetero) is 2. The molecule has 3 aromatic rings. The molecule has 9 heteroatoms. The molecule has 1 saturated heterocycles. The van der Waals surface area contributed by atoms with E-state index in [0.717, 1.165) is 32.1 Å². The van der Waals surface area contributed by atoms with Gasteiger partial charge in [0, 0.05) is 42.8 Å². The fourth-order valence-electron chi connectivity index (χ4n) is 7.17. The molecule has 1 aliphatic heterocycles. The second kappa shape index (κ2) is 11.9. The Hall–Kier alpha value is -3.65. The van der Waals surface area contributed by atoms with Gasteiger partial charge in [0.05, 0.1) is 16.6 Å². The Balaban J connectivity index is 1.24. The van der Waals surface area contributed by atoms with E-state index in [1.165, 1.54) is 0 Å². The van der Waals surface area contributed by atoms with Crippen LogP contribution in [0, 0.1) is 17.8 Å².